The second-order valence-electron chi connectivity index (χ2n) is 6.06. The van der Waals surface area contributed by atoms with Crippen molar-refractivity contribution in [3.63, 3.8) is 0 Å². The molecule has 1 saturated carbocycles. The lowest BCUT2D eigenvalue weighted by atomic mass is 9.87. The van der Waals surface area contributed by atoms with Gasteiger partial charge in [-0.05, 0) is 25.2 Å². The lowest BCUT2D eigenvalue weighted by Gasteiger charge is -2.44. The summed E-state index contributed by atoms with van der Waals surface area (Å²) in [6.07, 6.45) is 3.60. The molecular weight excluding hydrogens is 232 g/mol. The number of hydrogen-bond acceptors (Lipinski definition) is 2. The third-order valence-corrected chi connectivity index (χ3v) is 4.93. The van der Waals surface area contributed by atoms with Gasteiger partial charge in [-0.15, -0.1) is 0 Å². The number of piperidine rings is 1. The summed E-state index contributed by atoms with van der Waals surface area (Å²) in [6, 6.07) is 0.592. The zero-order valence-electron chi connectivity index (χ0n) is 10.7. The lowest BCUT2D eigenvalue weighted by Crippen LogP contribution is -2.58. The van der Waals surface area contributed by atoms with Crippen molar-refractivity contribution in [3.05, 3.63) is 0 Å². The molecule has 2 bridgehead atoms. The monoisotopic (exact) mass is 252 g/mol. The van der Waals surface area contributed by atoms with E-state index in [1.54, 1.807) is 6.92 Å². The molecule has 2 saturated heterocycles. The summed E-state index contributed by atoms with van der Waals surface area (Å²) in [4.78, 5) is 26.9. The van der Waals surface area contributed by atoms with Gasteiger partial charge < -0.3 is 14.9 Å². The fourth-order valence-electron chi connectivity index (χ4n) is 3.53. The van der Waals surface area contributed by atoms with Crippen LogP contribution in [0.4, 0.5) is 4.79 Å². The van der Waals surface area contributed by atoms with E-state index in [4.69, 9.17) is 5.11 Å². The number of carbonyl (C=O) groups excluding carboxylic acids is 1. The van der Waals surface area contributed by atoms with Crippen molar-refractivity contribution in [1.29, 1.82) is 0 Å². The third-order valence-electron chi connectivity index (χ3n) is 4.93. The molecule has 2 heterocycles. The molecule has 100 valence electrons. The Bertz CT molecular complexity index is 378. The second-order valence-corrected chi connectivity index (χ2v) is 6.06. The maximum absolute atomic E-state index is 12.3. The van der Waals surface area contributed by atoms with E-state index in [0.717, 1.165) is 13.0 Å². The van der Waals surface area contributed by atoms with Crippen LogP contribution in [0.25, 0.3) is 0 Å². The molecule has 3 fully saturated rings. The average molecular weight is 252 g/mol. The molecule has 0 aromatic carbocycles. The molecule has 0 radical (unpaired) electrons. The van der Waals surface area contributed by atoms with Gasteiger partial charge in [-0.25, -0.2) is 4.79 Å². The van der Waals surface area contributed by atoms with Crippen molar-refractivity contribution in [2.45, 2.75) is 32.2 Å². The number of carboxylic acid groups (broad SMARTS) is 1. The van der Waals surface area contributed by atoms with Crippen LogP contribution in [0, 0.1) is 17.8 Å². The highest BCUT2D eigenvalue weighted by Crippen LogP contribution is 2.38. The van der Waals surface area contributed by atoms with Gasteiger partial charge in [0, 0.05) is 31.6 Å². The number of rotatable bonds is 2. The van der Waals surface area contributed by atoms with E-state index in [-0.39, 0.29) is 17.9 Å². The second kappa shape index (κ2) is 4.14. The molecule has 0 aromatic heterocycles. The van der Waals surface area contributed by atoms with Crippen molar-refractivity contribution in [1.82, 2.24) is 9.80 Å². The maximum Gasteiger partial charge on any atom is 0.320 e. The average Bonchev–Trinajstić information content (AvgIpc) is 2.87. The molecule has 2 amide bonds. The Morgan fingerprint density at radius 1 is 1.22 bits per heavy atom. The number of hydrogen-bond donors (Lipinski definition) is 1. The molecular formula is C13H20N2O3. The van der Waals surface area contributed by atoms with Gasteiger partial charge in [-0.3, -0.25) is 4.79 Å². The summed E-state index contributed by atoms with van der Waals surface area (Å²) in [5.74, 6) is -0.253. The zero-order chi connectivity index (χ0) is 12.9. The molecule has 0 aromatic rings. The minimum atomic E-state index is -0.757. The Hall–Kier alpha value is -1.26. The number of likely N-dealkylation sites (tertiary alicyclic amines) is 2. The summed E-state index contributed by atoms with van der Waals surface area (Å²) in [6.45, 7) is 3.87. The lowest BCUT2D eigenvalue weighted by molar-refractivity contribution is -0.144. The summed E-state index contributed by atoms with van der Waals surface area (Å²) in [5, 5.41) is 8.93. The van der Waals surface area contributed by atoms with Crippen molar-refractivity contribution in [2.75, 3.05) is 19.6 Å². The predicted octanol–water partition coefficient (Wildman–Crippen LogP) is 1.24. The zero-order valence-corrected chi connectivity index (χ0v) is 10.7. The normalized spacial score (nSPS) is 32.5. The number of amides is 2. The van der Waals surface area contributed by atoms with E-state index in [9.17, 15) is 9.59 Å². The largest absolute Gasteiger partial charge is 0.481 e. The molecule has 5 heteroatoms. The van der Waals surface area contributed by atoms with Gasteiger partial charge in [-0.1, -0.05) is 6.92 Å². The highest BCUT2D eigenvalue weighted by atomic mass is 16.4. The van der Waals surface area contributed by atoms with Crippen LogP contribution in [0.5, 0.6) is 0 Å². The first-order valence-electron chi connectivity index (χ1n) is 6.84. The van der Waals surface area contributed by atoms with E-state index >= 15 is 0 Å². The Balaban J connectivity index is 1.53. The van der Waals surface area contributed by atoms with E-state index in [1.807, 2.05) is 9.80 Å². The SMILES string of the molecule is CC(C(=O)O)C1CN(C(=O)N2CC3CCC2C3)C1. The smallest absolute Gasteiger partial charge is 0.320 e. The molecule has 3 aliphatic rings. The fraction of sp³-hybridized carbons (Fsp3) is 0.846. The van der Waals surface area contributed by atoms with Gasteiger partial charge in [0.2, 0.25) is 0 Å². The minimum absolute atomic E-state index is 0.131. The Morgan fingerprint density at radius 2 is 1.94 bits per heavy atom. The van der Waals surface area contributed by atoms with Gasteiger partial charge in [0.15, 0.2) is 0 Å². The van der Waals surface area contributed by atoms with Gasteiger partial charge in [0.1, 0.15) is 0 Å². The van der Waals surface area contributed by atoms with Gasteiger partial charge in [-0.2, -0.15) is 0 Å². The Morgan fingerprint density at radius 3 is 2.44 bits per heavy atom. The molecule has 2 aliphatic heterocycles. The van der Waals surface area contributed by atoms with Crippen molar-refractivity contribution in [3.8, 4) is 0 Å². The first-order valence-corrected chi connectivity index (χ1v) is 6.84. The topological polar surface area (TPSA) is 60.9 Å². The highest BCUT2D eigenvalue weighted by Gasteiger charge is 2.45. The van der Waals surface area contributed by atoms with Crippen LogP contribution in [0.1, 0.15) is 26.2 Å². The molecule has 3 rings (SSSR count). The summed E-state index contributed by atoms with van der Waals surface area (Å²) < 4.78 is 0. The fourth-order valence-corrected chi connectivity index (χ4v) is 3.53. The van der Waals surface area contributed by atoms with E-state index in [0.29, 0.717) is 25.0 Å². The van der Waals surface area contributed by atoms with Crippen LogP contribution >= 0.6 is 0 Å². The van der Waals surface area contributed by atoms with E-state index in [1.165, 1.54) is 12.8 Å². The molecule has 1 N–H and O–H groups in total. The van der Waals surface area contributed by atoms with Crippen LogP contribution < -0.4 is 0 Å². The quantitative estimate of drug-likeness (QED) is 0.804. The van der Waals surface area contributed by atoms with Crippen LogP contribution in [0.2, 0.25) is 0 Å². The standard InChI is InChI=1S/C13H20N2O3/c1-8(12(16)17)10-6-14(7-10)13(18)15-5-9-2-3-11(15)4-9/h8-11H,2-7H2,1H3,(H,16,17). The van der Waals surface area contributed by atoms with Crippen molar-refractivity contribution in [2.24, 2.45) is 17.8 Å². The number of carbonyl (C=O) groups is 2. The minimum Gasteiger partial charge on any atom is -0.481 e. The first kappa shape index (κ1) is 11.8. The summed E-state index contributed by atoms with van der Waals surface area (Å²) in [7, 11) is 0. The predicted molar refractivity (Wildman–Crippen MR) is 65.1 cm³/mol. The van der Waals surface area contributed by atoms with Crippen LogP contribution in [0.15, 0.2) is 0 Å². The number of urea groups is 1. The molecule has 5 nitrogen and oxygen atoms in total. The van der Waals surface area contributed by atoms with Crippen LogP contribution in [-0.2, 0) is 4.79 Å². The van der Waals surface area contributed by atoms with Crippen molar-refractivity contribution >= 4 is 12.0 Å². The van der Waals surface area contributed by atoms with E-state index < -0.39 is 5.97 Å². The van der Waals surface area contributed by atoms with E-state index in [2.05, 4.69) is 0 Å². The third kappa shape index (κ3) is 1.76. The Kier molecular flexibility index (Phi) is 2.72. The van der Waals surface area contributed by atoms with Gasteiger partial charge >= 0.3 is 12.0 Å². The van der Waals surface area contributed by atoms with Gasteiger partial charge in [0.05, 0.1) is 5.92 Å². The van der Waals surface area contributed by atoms with Crippen molar-refractivity contribution < 1.29 is 14.7 Å². The summed E-state index contributed by atoms with van der Waals surface area (Å²) >= 11 is 0. The molecule has 3 atom stereocenters. The summed E-state index contributed by atoms with van der Waals surface area (Å²) in [5.41, 5.74) is 0. The molecule has 1 aliphatic carbocycles. The first-order chi connectivity index (χ1) is 8.56. The molecule has 3 unspecified atom stereocenters. The number of carboxylic acids is 1. The molecule has 18 heavy (non-hydrogen) atoms. The number of aliphatic carboxylic acids is 1. The Labute approximate surface area is 107 Å². The van der Waals surface area contributed by atoms with Gasteiger partial charge in [0.25, 0.3) is 0 Å². The number of fused-ring (bicyclic) bond motifs is 2. The maximum atomic E-state index is 12.3. The highest BCUT2D eigenvalue weighted by molar-refractivity contribution is 5.77. The molecule has 0 spiro atoms. The number of nitrogens with zero attached hydrogens (tertiary/aromatic N) is 2. The van der Waals surface area contributed by atoms with Crippen LogP contribution in [-0.4, -0.2) is 52.6 Å². The van der Waals surface area contributed by atoms with Crippen LogP contribution in [0.3, 0.4) is 0 Å².